The third-order valence-electron chi connectivity index (χ3n) is 2.98. The Morgan fingerprint density at radius 1 is 1.21 bits per heavy atom. The van der Waals surface area contributed by atoms with Crippen LogP contribution in [0.15, 0.2) is 36.7 Å². The molecular formula is C14H11F2N3. The summed E-state index contributed by atoms with van der Waals surface area (Å²) in [6.07, 6.45) is 3.33. The van der Waals surface area contributed by atoms with Crippen LogP contribution in [0.25, 0.3) is 16.9 Å². The number of hydrogen-bond donors (Lipinski definition) is 1. The van der Waals surface area contributed by atoms with Crippen LogP contribution < -0.4 is 5.73 Å². The van der Waals surface area contributed by atoms with E-state index in [1.54, 1.807) is 22.9 Å². The summed E-state index contributed by atoms with van der Waals surface area (Å²) in [5, 5.41) is 0. The summed E-state index contributed by atoms with van der Waals surface area (Å²) in [7, 11) is 0. The van der Waals surface area contributed by atoms with E-state index >= 15 is 0 Å². The molecule has 3 nitrogen and oxygen atoms in total. The monoisotopic (exact) mass is 259 g/mol. The minimum atomic E-state index is -0.892. The highest BCUT2D eigenvalue weighted by atomic mass is 19.2. The van der Waals surface area contributed by atoms with E-state index in [0.29, 0.717) is 17.0 Å². The lowest BCUT2D eigenvalue weighted by Crippen LogP contribution is -1.92. The Balaban J connectivity index is 2.26. The van der Waals surface area contributed by atoms with Gasteiger partial charge < -0.3 is 10.1 Å². The van der Waals surface area contributed by atoms with Gasteiger partial charge in [-0.05, 0) is 30.7 Å². The van der Waals surface area contributed by atoms with Crippen molar-refractivity contribution in [1.82, 2.24) is 9.38 Å². The first kappa shape index (κ1) is 11.6. The average molecular weight is 259 g/mol. The number of aryl methyl sites for hydroxylation is 1. The fraction of sp³-hybridized carbons (Fsp3) is 0.0714. The molecule has 0 saturated heterocycles. The van der Waals surface area contributed by atoms with Gasteiger partial charge in [0, 0.05) is 23.6 Å². The molecule has 3 aromatic rings. The second-order valence-electron chi connectivity index (χ2n) is 4.41. The van der Waals surface area contributed by atoms with Crippen molar-refractivity contribution in [3.63, 3.8) is 0 Å². The molecule has 0 spiro atoms. The van der Waals surface area contributed by atoms with Gasteiger partial charge in [-0.2, -0.15) is 0 Å². The molecule has 5 heteroatoms. The zero-order chi connectivity index (χ0) is 13.6. The highest BCUT2D eigenvalue weighted by Crippen LogP contribution is 2.25. The number of nitrogen functional groups attached to an aromatic ring is 1. The summed E-state index contributed by atoms with van der Waals surface area (Å²) < 4.78 is 28.7. The van der Waals surface area contributed by atoms with Gasteiger partial charge in [-0.3, -0.25) is 0 Å². The summed E-state index contributed by atoms with van der Waals surface area (Å²) in [4.78, 5) is 4.33. The molecule has 0 unspecified atom stereocenters. The number of nitrogens with zero attached hydrogens (tertiary/aromatic N) is 2. The Bertz CT molecular complexity index is 778. The van der Waals surface area contributed by atoms with Crippen molar-refractivity contribution in [2.45, 2.75) is 6.92 Å². The highest BCUT2D eigenvalue weighted by Gasteiger charge is 2.13. The molecule has 3 rings (SSSR count). The van der Waals surface area contributed by atoms with Gasteiger partial charge in [0.25, 0.3) is 0 Å². The quantitative estimate of drug-likeness (QED) is 0.729. The van der Waals surface area contributed by atoms with Gasteiger partial charge in [0.05, 0.1) is 5.69 Å². The number of fused-ring (bicyclic) bond motifs is 1. The molecule has 0 amide bonds. The van der Waals surface area contributed by atoms with Crippen molar-refractivity contribution >= 4 is 11.3 Å². The first-order chi connectivity index (χ1) is 9.06. The van der Waals surface area contributed by atoms with Crippen LogP contribution in [0.4, 0.5) is 14.5 Å². The Hall–Kier alpha value is -2.43. The topological polar surface area (TPSA) is 43.3 Å². The number of pyridine rings is 1. The van der Waals surface area contributed by atoms with Gasteiger partial charge >= 0.3 is 0 Å². The molecule has 0 fully saturated rings. The molecule has 0 atom stereocenters. The van der Waals surface area contributed by atoms with Crippen molar-refractivity contribution in [3.8, 4) is 11.3 Å². The van der Waals surface area contributed by atoms with Gasteiger partial charge in [0.15, 0.2) is 11.6 Å². The summed E-state index contributed by atoms with van der Waals surface area (Å²) in [5.74, 6) is -1.78. The number of imidazole rings is 1. The third-order valence-corrected chi connectivity index (χ3v) is 2.98. The molecule has 2 N–H and O–H groups in total. The van der Waals surface area contributed by atoms with E-state index in [2.05, 4.69) is 4.98 Å². The van der Waals surface area contributed by atoms with Gasteiger partial charge in [0.1, 0.15) is 5.65 Å². The van der Waals surface area contributed by atoms with E-state index in [1.807, 2.05) is 6.92 Å². The number of halogens is 2. The van der Waals surface area contributed by atoms with Gasteiger partial charge in [-0.25, -0.2) is 13.8 Å². The minimum Gasteiger partial charge on any atom is -0.398 e. The Kier molecular flexibility index (Phi) is 2.48. The first-order valence-electron chi connectivity index (χ1n) is 5.75. The van der Waals surface area contributed by atoms with Crippen molar-refractivity contribution < 1.29 is 8.78 Å². The van der Waals surface area contributed by atoms with Crippen molar-refractivity contribution in [2.75, 3.05) is 5.73 Å². The number of hydrogen-bond acceptors (Lipinski definition) is 2. The van der Waals surface area contributed by atoms with Crippen LogP contribution >= 0.6 is 0 Å². The minimum absolute atomic E-state index is 0.140. The standard InChI is InChI=1S/C14H11F2N3/c1-8-5-9(17)6-19-7-12(18-14(8)19)10-3-2-4-11(15)13(10)16/h2-7H,17H2,1H3. The number of nitrogens with two attached hydrogens (primary N) is 1. The predicted molar refractivity (Wildman–Crippen MR) is 69.7 cm³/mol. The van der Waals surface area contributed by atoms with E-state index < -0.39 is 11.6 Å². The molecule has 0 aliphatic rings. The molecule has 0 radical (unpaired) electrons. The summed E-state index contributed by atoms with van der Waals surface area (Å²) in [5.41, 5.74) is 8.41. The molecular weight excluding hydrogens is 248 g/mol. The lowest BCUT2D eigenvalue weighted by molar-refractivity contribution is 0.511. The average Bonchev–Trinajstić information content (AvgIpc) is 2.76. The van der Waals surface area contributed by atoms with Crippen LogP contribution in [0.1, 0.15) is 5.56 Å². The first-order valence-corrected chi connectivity index (χ1v) is 5.75. The Labute approximate surface area is 108 Å². The van der Waals surface area contributed by atoms with Crippen molar-refractivity contribution in [2.24, 2.45) is 0 Å². The maximum Gasteiger partial charge on any atom is 0.168 e. The lowest BCUT2D eigenvalue weighted by Gasteiger charge is -1.99. The molecule has 0 aliphatic heterocycles. The number of benzene rings is 1. The molecule has 1 aromatic carbocycles. The lowest BCUT2D eigenvalue weighted by atomic mass is 10.1. The molecule has 0 bridgehead atoms. The maximum absolute atomic E-state index is 13.7. The summed E-state index contributed by atoms with van der Waals surface area (Å²) >= 11 is 0. The van der Waals surface area contributed by atoms with Crippen LogP contribution in [0.3, 0.4) is 0 Å². The van der Waals surface area contributed by atoms with Crippen LogP contribution in [0.5, 0.6) is 0 Å². The van der Waals surface area contributed by atoms with Crippen LogP contribution in [0, 0.1) is 18.6 Å². The van der Waals surface area contributed by atoms with Crippen LogP contribution in [0.2, 0.25) is 0 Å². The zero-order valence-electron chi connectivity index (χ0n) is 10.2. The smallest absolute Gasteiger partial charge is 0.168 e. The zero-order valence-corrected chi connectivity index (χ0v) is 10.2. The van der Waals surface area contributed by atoms with E-state index in [-0.39, 0.29) is 5.56 Å². The molecule has 19 heavy (non-hydrogen) atoms. The molecule has 2 heterocycles. The second kappa shape index (κ2) is 4.05. The molecule has 0 aliphatic carbocycles. The number of anilines is 1. The van der Waals surface area contributed by atoms with E-state index in [0.717, 1.165) is 11.6 Å². The molecule has 2 aromatic heterocycles. The number of aromatic nitrogens is 2. The van der Waals surface area contributed by atoms with Crippen molar-refractivity contribution in [3.05, 3.63) is 53.9 Å². The largest absolute Gasteiger partial charge is 0.398 e. The van der Waals surface area contributed by atoms with Crippen LogP contribution in [-0.4, -0.2) is 9.38 Å². The van der Waals surface area contributed by atoms with E-state index in [4.69, 9.17) is 5.73 Å². The fourth-order valence-electron chi connectivity index (χ4n) is 2.13. The highest BCUT2D eigenvalue weighted by molar-refractivity contribution is 5.66. The van der Waals surface area contributed by atoms with Crippen LogP contribution in [-0.2, 0) is 0 Å². The van der Waals surface area contributed by atoms with Gasteiger partial charge in [-0.15, -0.1) is 0 Å². The van der Waals surface area contributed by atoms with Gasteiger partial charge in [0.2, 0.25) is 0 Å². The van der Waals surface area contributed by atoms with E-state index in [1.165, 1.54) is 12.1 Å². The maximum atomic E-state index is 13.7. The second-order valence-corrected chi connectivity index (χ2v) is 4.41. The third kappa shape index (κ3) is 1.83. The molecule has 96 valence electrons. The molecule has 0 saturated carbocycles. The Morgan fingerprint density at radius 2 is 2.00 bits per heavy atom. The summed E-state index contributed by atoms with van der Waals surface area (Å²) in [6.45, 7) is 1.87. The normalized spacial score (nSPS) is 11.1. The number of rotatable bonds is 1. The van der Waals surface area contributed by atoms with Gasteiger partial charge in [-0.1, -0.05) is 6.07 Å². The fourth-order valence-corrected chi connectivity index (χ4v) is 2.13. The SMILES string of the molecule is Cc1cc(N)cn2cc(-c3cccc(F)c3F)nc12. The summed E-state index contributed by atoms with van der Waals surface area (Å²) in [6, 6.07) is 5.82. The Morgan fingerprint density at radius 3 is 2.79 bits per heavy atom. The van der Waals surface area contributed by atoms with E-state index in [9.17, 15) is 8.78 Å². The van der Waals surface area contributed by atoms with Crippen molar-refractivity contribution in [1.29, 1.82) is 0 Å². The predicted octanol–water partition coefficient (Wildman–Crippen LogP) is 3.17.